The minimum atomic E-state index is -0.460. The number of nitrogens with one attached hydrogen (secondary N) is 2. The van der Waals surface area contributed by atoms with Crippen LogP contribution >= 0.6 is 0 Å². The van der Waals surface area contributed by atoms with Crippen molar-refractivity contribution in [3.05, 3.63) is 48.0 Å². The predicted octanol–water partition coefficient (Wildman–Crippen LogP) is 2.21. The Morgan fingerprint density at radius 3 is 2.81 bits per heavy atom. The first kappa shape index (κ1) is 11.7. The van der Waals surface area contributed by atoms with Crippen molar-refractivity contribution in [1.29, 1.82) is 0 Å². The van der Waals surface area contributed by atoms with Crippen molar-refractivity contribution in [1.82, 2.24) is 20.2 Å². The lowest BCUT2D eigenvalue weighted by Crippen LogP contribution is -2.10. The van der Waals surface area contributed by atoms with Crippen LogP contribution in [0.5, 0.6) is 0 Å². The van der Waals surface area contributed by atoms with E-state index in [1.54, 1.807) is 18.2 Å². The van der Waals surface area contributed by atoms with Crippen LogP contribution < -0.4 is 5.73 Å². The molecule has 0 aliphatic carbocycles. The summed E-state index contributed by atoms with van der Waals surface area (Å²) in [5.41, 5.74) is 8.96. The van der Waals surface area contributed by atoms with Gasteiger partial charge in [-0.15, -0.1) is 0 Å². The zero-order chi connectivity index (χ0) is 14.4. The van der Waals surface area contributed by atoms with E-state index in [0.717, 1.165) is 27.6 Å². The van der Waals surface area contributed by atoms with Gasteiger partial charge in [0.2, 0.25) is 5.91 Å². The van der Waals surface area contributed by atoms with Crippen LogP contribution in [-0.2, 0) is 0 Å². The van der Waals surface area contributed by atoms with Gasteiger partial charge in [-0.3, -0.25) is 9.89 Å². The summed E-state index contributed by atoms with van der Waals surface area (Å²) in [7, 11) is 0. The molecule has 6 nitrogen and oxygen atoms in total. The molecule has 2 aromatic heterocycles. The Labute approximate surface area is 119 Å². The summed E-state index contributed by atoms with van der Waals surface area (Å²) in [5, 5.41) is 8.28. The molecule has 1 amide bonds. The van der Waals surface area contributed by atoms with Crippen molar-refractivity contribution in [3.8, 4) is 11.5 Å². The summed E-state index contributed by atoms with van der Waals surface area (Å²) in [4.78, 5) is 18.9. The third-order valence-electron chi connectivity index (χ3n) is 3.46. The molecule has 4 rings (SSSR count). The maximum Gasteiger partial charge on any atom is 0.248 e. The highest BCUT2D eigenvalue weighted by Gasteiger charge is 2.12. The number of nitrogens with zero attached hydrogens (tertiary/aromatic N) is 2. The fraction of sp³-hybridized carbons (Fsp3) is 0. The summed E-state index contributed by atoms with van der Waals surface area (Å²) in [6, 6.07) is 13.0. The van der Waals surface area contributed by atoms with E-state index in [1.807, 2.05) is 24.3 Å². The molecule has 0 saturated heterocycles. The van der Waals surface area contributed by atoms with Gasteiger partial charge in [-0.1, -0.05) is 18.2 Å². The first-order valence-corrected chi connectivity index (χ1v) is 6.45. The highest BCUT2D eigenvalue weighted by atomic mass is 16.1. The molecule has 0 bridgehead atoms. The highest BCUT2D eigenvalue weighted by molar-refractivity contribution is 5.97. The van der Waals surface area contributed by atoms with Crippen LogP contribution in [0.3, 0.4) is 0 Å². The van der Waals surface area contributed by atoms with Crippen LogP contribution in [0.1, 0.15) is 10.4 Å². The van der Waals surface area contributed by atoms with Gasteiger partial charge in [0.1, 0.15) is 5.69 Å². The lowest BCUT2D eigenvalue weighted by molar-refractivity contribution is 0.100. The van der Waals surface area contributed by atoms with Crippen LogP contribution in [0.25, 0.3) is 33.5 Å². The van der Waals surface area contributed by atoms with Crippen LogP contribution in [-0.4, -0.2) is 26.1 Å². The van der Waals surface area contributed by atoms with E-state index in [1.165, 1.54) is 0 Å². The first-order chi connectivity index (χ1) is 10.2. The zero-order valence-corrected chi connectivity index (χ0v) is 10.9. The molecule has 102 valence electrons. The Balaban J connectivity index is 1.92. The molecule has 0 fully saturated rings. The van der Waals surface area contributed by atoms with Gasteiger partial charge in [0.15, 0.2) is 5.82 Å². The first-order valence-electron chi connectivity index (χ1n) is 6.45. The van der Waals surface area contributed by atoms with Gasteiger partial charge in [-0.2, -0.15) is 5.10 Å². The number of carbonyl (C=O) groups is 1. The molecule has 2 aromatic carbocycles. The van der Waals surface area contributed by atoms with Crippen molar-refractivity contribution in [2.45, 2.75) is 0 Å². The van der Waals surface area contributed by atoms with E-state index in [-0.39, 0.29) is 0 Å². The summed E-state index contributed by atoms with van der Waals surface area (Å²) in [5.74, 6) is 0.197. The lowest BCUT2D eigenvalue weighted by atomic mass is 10.2. The summed E-state index contributed by atoms with van der Waals surface area (Å²) in [6.07, 6.45) is 0. The Morgan fingerprint density at radius 2 is 1.95 bits per heavy atom. The minimum Gasteiger partial charge on any atom is -0.366 e. The predicted molar refractivity (Wildman–Crippen MR) is 79.7 cm³/mol. The van der Waals surface area contributed by atoms with E-state index in [2.05, 4.69) is 20.2 Å². The molecule has 0 aliphatic heterocycles. The van der Waals surface area contributed by atoms with Gasteiger partial charge in [-0.05, 0) is 24.3 Å². The molecule has 0 atom stereocenters. The van der Waals surface area contributed by atoms with Crippen molar-refractivity contribution in [2.24, 2.45) is 5.73 Å². The zero-order valence-electron chi connectivity index (χ0n) is 10.9. The van der Waals surface area contributed by atoms with Gasteiger partial charge in [0.25, 0.3) is 0 Å². The largest absolute Gasteiger partial charge is 0.366 e. The van der Waals surface area contributed by atoms with Gasteiger partial charge in [0.05, 0.1) is 16.6 Å². The average molecular weight is 277 g/mol. The number of hydrogen-bond donors (Lipinski definition) is 3. The fourth-order valence-corrected chi connectivity index (χ4v) is 2.42. The maximum absolute atomic E-state index is 11.2. The number of fused-ring (bicyclic) bond motifs is 2. The second-order valence-electron chi connectivity index (χ2n) is 4.80. The number of amides is 1. The minimum absolute atomic E-state index is 0.449. The molecule has 21 heavy (non-hydrogen) atoms. The SMILES string of the molecule is NC(=O)c1ccc2nc(-c3n[nH]c4ccccc34)[nH]c2c1. The molecule has 4 N–H and O–H groups in total. The third kappa shape index (κ3) is 1.77. The number of H-pyrrole nitrogens is 2. The van der Waals surface area contributed by atoms with E-state index < -0.39 is 5.91 Å². The monoisotopic (exact) mass is 277 g/mol. The molecule has 0 spiro atoms. The number of para-hydroxylation sites is 1. The van der Waals surface area contributed by atoms with E-state index in [4.69, 9.17) is 5.73 Å². The summed E-state index contributed by atoms with van der Waals surface area (Å²) >= 11 is 0. The summed E-state index contributed by atoms with van der Waals surface area (Å²) < 4.78 is 0. The quantitative estimate of drug-likeness (QED) is 0.523. The standard InChI is InChI=1S/C15H11N5O/c16-14(21)8-5-6-11-12(7-8)18-15(17-11)13-9-3-1-2-4-10(9)19-20-13/h1-7H,(H2,16,21)(H,17,18)(H,19,20). The van der Waals surface area contributed by atoms with Crippen LogP contribution in [0.4, 0.5) is 0 Å². The Hall–Kier alpha value is -3.15. The molecule has 2 heterocycles. The fourth-order valence-electron chi connectivity index (χ4n) is 2.42. The second kappa shape index (κ2) is 4.17. The third-order valence-corrected chi connectivity index (χ3v) is 3.46. The van der Waals surface area contributed by atoms with Gasteiger partial charge < -0.3 is 10.7 Å². The molecule has 4 aromatic rings. The Kier molecular flexibility index (Phi) is 2.32. The van der Waals surface area contributed by atoms with Gasteiger partial charge in [0, 0.05) is 10.9 Å². The van der Waals surface area contributed by atoms with Crippen molar-refractivity contribution >= 4 is 27.8 Å². The van der Waals surface area contributed by atoms with E-state index in [0.29, 0.717) is 11.4 Å². The van der Waals surface area contributed by atoms with Gasteiger partial charge >= 0.3 is 0 Å². The molecular formula is C15H11N5O. The topological polar surface area (TPSA) is 100 Å². The second-order valence-corrected chi connectivity index (χ2v) is 4.80. The lowest BCUT2D eigenvalue weighted by Gasteiger charge is -1.93. The number of aromatic nitrogens is 4. The number of benzene rings is 2. The van der Waals surface area contributed by atoms with Crippen molar-refractivity contribution < 1.29 is 4.79 Å². The van der Waals surface area contributed by atoms with Gasteiger partial charge in [-0.25, -0.2) is 4.98 Å². The number of carbonyl (C=O) groups excluding carboxylic acids is 1. The smallest absolute Gasteiger partial charge is 0.248 e. The molecule has 0 aliphatic rings. The molecule has 0 unspecified atom stereocenters. The Morgan fingerprint density at radius 1 is 1.10 bits per heavy atom. The number of nitrogens with two attached hydrogens (primary N) is 1. The van der Waals surface area contributed by atoms with E-state index >= 15 is 0 Å². The number of rotatable bonds is 2. The maximum atomic E-state index is 11.2. The van der Waals surface area contributed by atoms with Crippen LogP contribution in [0.2, 0.25) is 0 Å². The average Bonchev–Trinajstić information content (AvgIpc) is 3.09. The number of aromatic amines is 2. The van der Waals surface area contributed by atoms with Crippen LogP contribution in [0, 0.1) is 0 Å². The molecule has 0 saturated carbocycles. The normalized spacial score (nSPS) is 11.2. The number of hydrogen-bond acceptors (Lipinski definition) is 3. The van der Waals surface area contributed by atoms with Crippen LogP contribution in [0.15, 0.2) is 42.5 Å². The summed E-state index contributed by atoms with van der Waals surface area (Å²) in [6.45, 7) is 0. The highest BCUT2D eigenvalue weighted by Crippen LogP contribution is 2.26. The van der Waals surface area contributed by atoms with E-state index in [9.17, 15) is 4.79 Å². The Bertz CT molecular complexity index is 982. The number of primary amides is 1. The van der Waals surface area contributed by atoms with Crippen molar-refractivity contribution in [2.75, 3.05) is 0 Å². The van der Waals surface area contributed by atoms with Crippen molar-refractivity contribution in [3.63, 3.8) is 0 Å². The number of imidazole rings is 1. The molecular weight excluding hydrogens is 266 g/mol. The molecule has 0 radical (unpaired) electrons. The molecule has 6 heteroatoms.